The van der Waals surface area contributed by atoms with Gasteiger partial charge in [0.05, 0.1) is 17.8 Å². The summed E-state index contributed by atoms with van der Waals surface area (Å²) in [5.41, 5.74) is 2.65. The summed E-state index contributed by atoms with van der Waals surface area (Å²) in [6, 6.07) is 25.4. The first-order chi connectivity index (χ1) is 16.7. The lowest BCUT2D eigenvalue weighted by atomic mass is 10.1. The summed E-state index contributed by atoms with van der Waals surface area (Å²) in [6.45, 7) is 11.1. The molecule has 0 bridgehead atoms. The largest absolute Gasteiger partial charge is 0.366 e. The number of hydrogen-bond donors (Lipinski definition) is 0. The lowest BCUT2D eigenvalue weighted by Gasteiger charge is -2.35. The number of rotatable bonds is 9. The summed E-state index contributed by atoms with van der Waals surface area (Å²) in [5.74, 6) is 0.982. The number of hydrogen-bond acceptors (Lipinski definition) is 6. The fraction of sp³-hybridized carbons (Fsp3) is 0.357. The molecule has 4 rings (SSSR count). The molecule has 6 heteroatoms. The van der Waals surface area contributed by atoms with Gasteiger partial charge in [-0.25, -0.2) is 4.98 Å². The summed E-state index contributed by atoms with van der Waals surface area (Å²) in [6.07, 6.45) is 1.19. The maximum atomic E-state index is 9.71. The number of pyridine rings is 1. The van der Waals surface area contributed by atoms with Crippen LogP contribution in [-0.2, 0) is 6.54 Å². The second-order valence-electron chi connectivity index (χ2n) is 8.53. The van der Waals surface area contributed by atoms with E-state index < -0.39 is 0 Å². The van der Waals surface area contributed by atoms with E-state index in [4.69, 9.17) is 4.98 Å². The molecular weight excluding hydrogens is 438 g/mol. The van der Waals surface area contributed by atoms with Gasteiger partial charge in [0.25, 0.3) is 0 Å². The lowest BCUT2D eigenvalue weighted by molar-refractivity contribution is 0.258. The summed E-state index contributed by atoms with van der Waals surface area (Å²) >= 11 is 1.76. The number of benzene rings is 2. The predicted octanol–water partition coefficient (Wildman–Crippen LogP) is 5.66. The van der Waals surface area contributed by atoms with Crippen LogP contribution in [0.25, 0.3) is 0 Å². The molecule has 1 aliphatic rings. The normalized spacial score (nSPS) is 14.1. The third-order valence-electron chi connectivity index (χ3n) is 6.22. The molecule has 5 nitrogen and oxygen atoms in total. The maximum Gasteiger partial charge on any atom is 0.129 e. The molecular formula is C28H33N5S. The van der Waals surface area contributed by atoms with Gasteiger partial charge < -0.3 is 9.80 Å². The van der Waals surface area contributed by atoms with Crippen LogP contribution in [0.15, 0.2) is 76.5 Å². The lowest BCUT2D eigenvalue weighted by Crippen LogP contribution is -2.46. The molecule has 1 fully saturated rings. The van der Waals surface area contributed by atoms with Gasteiger partial charge in [0.15, 0.2) is 0 Å². The highest BCUT2D eigenvalue weighted by Gasteiger charge is 2.19. The van der Waals surface area contributed by atoms with Crippen molar-refractivity contribution >= 4 is 23.3 Å². The van der Waals surface area contributed by atoms with E-state index in [2.05, 4.69) is 83.1 Å². The van der Waals surface area contributed by atoms with Crippen molar-refractivity contribution in [3.8, 4) is 6.07 Å². The fourth-order valence-electron chi connectivity index (χ4n) is 4.32. The molecule has 0 radical (unpaired) electrons. The Kier molecular flexibility index (Phi) is 8.46. The number of nitriles is 1. The molecule has 0 atom stereocenters. The molecule has 0 unspecified atom stereocenters. The first-order valence-electron chi connectivity index (χ1n) is 12.2. The average molecular weight is 472 g/mol. The van der Waals surface area contributed by atoms with Gasteiger partial charge in [0, 0.05) is 48.2 Å². The minimum atomic E-state index is 0.619. The zero-order valence-corrected chi connectivity index (χ0v) is 21.0. The Morgan fingerprint density at radius 2 is 1.62 bits per heavy atom. The Balaban J connectivity index is 1.46. The molecule has 1 aromatic heterocycles. The first kappa shape index (κ1) is 24.1. The van der Waals surface area contributed by atoms with Crippen molar-refractivity contribution in [3.63, 3.8) is 0 Å². The van der Waals surface area contributed by atoms with Crippen molar-refractivity contribution < 1.29 is 0 Å². The van der Waals surface area contributed by atoms with Gasteiger partial charge in [-0.2, -0.15) is 5.26 Å². The van der Waals surface area contributed by atoms with E-state index in [0.717, 1.165) is 56.5 Å². The molecule has 176 valence electrons. The van der Waals surface area contributed by atoms with Gasteiger partial charge in [-0.1, -0.05) is 36.9 Å². The topological polar surface area (TPSA) is 46.4 Å². The summed E-state index contributed by atoms with van der Waals surface area (Å²) in [4.78, 5) is 14.6. The second kappa shape index (κ2) is 11.9. The van der Waals surface area contributed by atoms with Crippen LogP contribution >= 0.6 is 11.8 Å². The number of anilines is 2. The molecule has 0 aliphatic carbocycles. The van der Waals surface area contributed by atoms with Crippen LogP contribution in [-0.4, -0.2) is 49.2 Å². The van der Waals surface area contributed by atoms with Crippen molar-refractivity contribution in [1.29, 1.82) is 5.26 Å². The highest BCUT2D eigenvalue weighted by Crippen LogP contribution is 2.29. The molecule has 0 N–H and O–H groups in total. The van der Waals surface area contributed by atoms with E-state index in [0.29, 0.717) is 12.1 Å². The zero-order chi connectivity index (χ0) is 23.8. The van der Waals surface area contributed by atoms with E-state index in [-0.39, 0.29) is 0 Å². The number of aromatic nitrogens is 1. The van der Waals surface area contributed by atoms with Crippen LogP contribution in [0.2, 0.25) is 0 Å². The van der Waals surface area contributed by atoms with E-state index >= 15 is 0 Å². The smallest absolute Gasteiger partial charge is 0.129 e. The molecule has 0 saturated carbocycles. The standard InChI is InChI=1S/C28H33N5S/c1-3-16-31-17-19-33(20-18-31)28-15-10-23(21-29)27(30-28)22-32(4-2)24-11-13-26(14-12-24)34-25-8-6-5-7-9-25/h5-15H,3-4,16-20,22H2,1-2H3. The monoisotopic (exact) mass is 471 g/mol. The Labute approximate surface area is 208 Å². The van der Waals surface area contributed by atoms with Crippen molar-refractivity contribution in [2.45, 2.75) is 36.6 Å². The summed E-state index contributed by atoms with van der Waals surface area (Å²) in [5, 5.41) is 9.71. The van der Waals surface area contributed by atoms with Crippen molar-refractivity contribution in [1.82, 2.24) is 9.88 Å². The summed E-state index contributed by atoms with van der Waals surface area (Å²) < 4.78 is 0. The number of piperazine rings is 1. The zero-order valence-electron chi connectivity index (χ0n) is 20.2. The molecule has 1 saturated heterocycles. The fourth-order valence-corrected chi connectivity index (χ4v) is 5.16. The Morgan fingerprint density at radius 1 is 0.912 bits per heavy atom. The molecule has 1 aliphatic heterocycles. The molecule has 0 amide bonds. The predicted molar refractivity (Wildman–Crippen MR) is 142 cm³/mol. The van der Waals surface area contributed by atoms with Gasteiger partial charge in [0.1, 0.15) is 11.9 Å². The third-order valence-corrected chi connectivity index (χ3v) is 7.23. The molecule has 0 spiro atoms. The molecule has 3 aromatic rings. The molecule has 34 heavy (non-hydrogen) atoms. The van der Waals surface area contributed by atoms with E-state index in [1.807, 2.05) is 18.2 Å². The Hall–Kier alpha value is -3.01. The number of nitrogens with zero attached hydrogens (tertiary/aromatic N) is 5. The quantitative estimate of drug-likeness (QED) is 0.401. The van der Waals surface area contributed by atoms with Gasteiger partial charge in [0.2, 0.25) is 0 Å². The van der Waals surface area contributed by atoms with Gasteiger partial charge in [-0.15, -0.1) is 0 Å². The third kappa shape index (κ3) is 6.11. The SMILES string of the molecule is CCCN1CCN(c2ccc(C#N)c(CN(CC)c3ccc(Sc4ccccc4)cc3)n2)CC1. The van der Waals surface area contributed by atoms with Gasteiger partial charge in [-0.05, 0) is 68.4 Å². The average Bonchev–Trinajstić information content (AvgIpc) is 2.89. The highest BCUT2D eigenvalue weighted by molar-refractivity contribution is 7.99. The van der Waals surface area contributed by atoms with Crippen molar-refractivity contribution in [2.75, 3.05) is 49.1 Å². The van der Waals surface area contributed by atoms with Crippen LogP contribution in [0.1, 0.15) is 31.5 Å². The van der Waals surface area contributed by atoms with Crippen LogP contribution in [0.5, 0.6) is 0 Å². The van der Waals surface area contributed by atoms with Crippen molar-refractivity contribution in [2.24, 2.45) is 0 Å². The van der Waals surface area contributed by atoms with E-state index in [9.17, 15) is 5.26 Å². The second-order valence-corrected chi connectivity index (χ2v) is 9.67. The Morgan fingerprint density at radius 3 is 2.26 bits per heavy atom. The first-order valence-corrected chi connectivity index (χ1v) is 13.0. The van der Waals surface area contributed by atoms with Crippen LogP contribution in [0.3, 0.4) is 0 Å². The van der Waals surface area contributed by atoms with E-state index in [1.165, 1.54) is 16.2 Å². The van der Waals surface area contributed by atoms with E-state index in [1.54, 1.807) is 11.8 Å². The van der Waals surface area contributed by atoms with Crippen LogP contribution < -0.4 is 9.80 Å². The van der Waals surface area contributed by atoms with Crippen LogP contribution in [0.4, 0.5) is 11.5 Å². The molecule has 2 aromatic carbocycles. The van der Waals surface area contributed by atoms with Gasteiger partial charge in [-0.3, -0.25) is 4.90 Å². The van der Waals surface area contributed by atoms with Crippen LogP contribution in [0, 0.1) is 11.3 Å². The van der Waals surface area contributed by atoms with Gasteiger partial charge >= 0.3 is 0 Å². The minimum Gasteiger partial charge on any atom is -0.366 e. The molecule has 2 heterocycles. The van der Waals surface area contributed by atoms with Crippen molar-refractivity contribution in [3.05, 3.63) is 78.0 Å². The minimum absolute atomic E-state index is 0.619. The Bertz CT molecular complexity index is 1090. The highest BCUT2D eigenvalue weighted by atomic mass is 32.2. The summed E-state index contributed by atoms with van der Waals surface area (Å²) in [7, 11) is 0. The maximum absolute atomic E-state index is 9.71.